The summed E-state index contributed by atoms with van der Waals surface area (Å²) in [7, 11) is 0. The fraction of sp³-hybridized carbons (Fsp3) is 0.750. The Morgan fingerprint density at radius 1 is 1.44 bits per heavy atom. The Balaban J connectivity index is -0.000000180. The van der Waals surface area contributed by atoms with Gasteiger partial charge >= 0.3 is 23.9 Å². The third-order valence-corrected chi connectivity index (χ3v) is 1.46. The Kier molecular flexibility index (Phi) is 13.6. The first-order valence-electron chi connectivity index (χ1n) is 1.90. The van der Waals surface area contributed by atoms with E-state index in [-0.39, 0.29) is 64.6 Å². The molecule has 0 aliphatic carbocycles. The molecule has 0 aromatic heterocycles. The van der Waals surface area contributed by atoms with Gasteiger partial charge in [-0.3, -0.25) is 4.79 Å². The van der Waals surface area contributed by atoms with Crippen LogP contribution in [0.15, 0.2) is 0 Å². The molecule has 0 heterocycles. The van der Waals surface area contributed by atoms with E-state index in [1.807, 2.05) is 0 Å². The SMILES string of the molecule is CC(C)(S)C(=O)S.[La].[SnH2]. The van der Waals surface area contributed by atoms with Crippen molar-refractivity contribution in [2.45, 2.75) is 18.6 Å². The van der Waals surface area contributed by atoms with Crippen LogP contribution in [0.3, 0.4) is 0 Å². The first-order chi connectivity index (χ1) is 2.94. The number of hydrogen-bond donors (Lipinski definition) is 2. The molecule has 0 rings (SSSR count). The van der Waals surface area contributed by atoms with Crippen molar-refractivity contribution in [2.75, 3.05) is 0 Å². The third kappa shape index (κ3) is 10.4. The van der Waals surface area contributed by atoms with Gasteiger partial charge in [-0.25, -0.2) is 0 Å². The molecule has 1 nitrogen and oxygen atoms in total. The van der Waals surface area contributed by atoms with Gasteiger partial charge in [0, 0.05) is 35.6 Å². The third-order valence-electron chi connectivity index (χ3n) is 0.523. The molecule has 0 aliphatic heterocycles. The van der Waals surface area contributed by atoms with E-state index in [4.69, 9.17) is 0 Å². The van der Waals surface area contributed by atoms with Gasteiger partial charge in [-0.1, -0.05) is 0 Å². The van der Waals surface area contributed by atoms with E-state index in [0.29, 0.717) is 0 Å². The molecule has 0 N–H and O–H groups in total. The molecule has 9 heavy (non-hydrogen) atoms. The molecule has 0 saturated carbocycles. The summed E-state index contributed by atoms with van der Waals surface area (Å²) < 4.78 is -0.580. The first-order valence-corrected chi connectivity index (χ1v) is 2.80. The van der Waals surface area contributed by atoms with Gasteiger partial charge in [0.05, 0.1) is 4.75 Å². The van der Waals surface area contributed by atoms with Crippen LogP contribution in [0.25, 0.3) is 0 Å². The number of thiol groups is 2. The van der Waals surface area contributed by atoms with Crippen molar-refractivity contribution in [3.05, 3.63) is 0 Å². The van der Waals surface area contributed by atoms with E-state index in [9.17, 15) is 4.79 Å². The van der Waals surface area contributed by atoms with Gasteiger partial charge in [0.15, 0.2) is 0 Å². The van der Waals surface area contributed by atoms with E-state index in [0.717, 1.165) is 0 Å². The molecule has 0 bridgehead atoms. The molecule has 0 aliphatic rings. The van der Waals surface area contributed by atoms with Crippen LogP contribution in [0.2, 0.25) is 0 Å². The van der Waals surface area contributed by atoms with Crippen molar-refractivity contribution in [3.63, 3.8) is 0 Å². The molecular weight excluding hydrogens is 386 g/mol. The average molecular weight is 396 g/mol. The van der Waals surface area contributed by atoms with E-state index >= 15 is 0 Å². The van der Waals surface area contributed by atoms with Crippen molar-refractivity contribution in [1.82, 2.24) is 0 Å². The standard InChI is InChI=1S/C4H8OS2.La.Sn.2H/c1-4(2,7)3(5)6;;;;/h7H,1-2H3,(H,5,6);;;;. The van der Waals surface area contributed by atoms with Crippen molar-refractivity contribution >= 4 is 54.3 Å². The van der Waals surface area contributed by atoms with Gasteiger partial charge in [-0.05, 0) is 13.8 Å². The molecule has 0 unspecified atom stereocenters. The van der Waals surface area contributed by atoms with Crippen LogP contribution in [-0.2, 0) is 4.79 Å². The van der Waals surface area contributed by atoms with Crippen molar-refractivity contribution in [2.24, 2.45) is 0 Å². The van der Waals surface area contributed by atoms with E-state index in [2.05, 4.69) is 25.3 Å². The predicted molar refractivity (Wildman–Crippen MR) is 45.6 cm³/mol. The second-order valence-corrected chi connectivity index (χ2v) is 3.39. The Morgan fingerprint density at radius 3 is 1.56 bits per heavy atom. The molecule has 0 saturated heterocycles. The van der Waals surface area contributed by atoms with Crippen LogP contribution in [0.1, 0.15) is 13.8 Å². The van der Waals surface area contributed by atoms with Gasteiger partial charge in [-0.2, -0.15) is 12.6 Å². The van der Waals surface area contributed by atoms with Gasteiger partial charge in [0.2, 0.25) is 5.12 Å². The summed E-state index contributed by atoms with van der Waals surface area (Å²) in [5, 5.41) is -0.198. The maximum absolute atomic E-state index is 10.3. The first kappa shape index (κ1) is 17.4. The molecule has 0 atom stereocenters. The Labute approximate surface area is 111 Å². The van der Waals surface area contributed by atoms with Crippen molar-refractivity contribution in [1.29, 1.82) is 0 Å². The molecule has 0 amide bonds. The molecule has 5 heteroatoms. The fourth-order valence-corrected chi connectivity index (χ4v) is 0. The summed E-state index contributed by atoms with van der Waals surface area (Å²) in [6.07, 6.45) is 0. The summed E-state index contributed by atoms with van der Waals surface area (Å²) in [6.45, 7) is 3.40. The van der Waals surface area contributed by atoms with Crippen LogP contribution in [-0.4, -0.2) is 33.8 Å². The minimum atomic E-state index is -0.580. The predicted octanol–water partition coefficient (Wildman–Crippen LogP) is 0.235. The number of carbonyl (C=O) groups excluding carboxylic acids is 1. The molecule has 51 valence electrons. The van der Waals surface area contributed by atoms with Gasteiger partial charge in [0.25, 0.3) is 0 Å². The zero-order valence-electron chi connectivity index (χ0n) is 5.59. The fourth-order valence-electron chi connectivity index (χ4n) is 0. The molecular formula is C4H10LaOS2Sn. The zero-order chi connectivity index (χ0) is 6.08. The van der Waals surface area contributed by atoms with Gasteiger partial charge < -0.3 is 0 Å². The second kappa shape index (κ2) is 7.04. The number of rotatable bonds is 1. The number of hydrogen-bond acceptors (Lipinski definition) is 2. The van der Waals surface area contributed by atoms with Crippen molar-refractivity contribution in [3.8, 4) is 0 Å². The maximum atomic E-state index is 10.3. The molecule has 0 spiro atoms. The normalized spacial score (nSPS) is 8.89. The van der Waals surface area contributed by atoms with Crippen LogP contribution < -0.4 is 0 Å². The summed E-state index contributed by atoms with van der Waals surface area (Å²) in [6, 6.07) is 0. The van der Waals surface area contributed by atoms with Crippen molar-refractivity contribution < 1.29 is 40.4 Å². The summed E-state index contributed by atoms with van der Waals surface area (Å²) in [5.74, 6) is 0. The monoisotopic (exact) mass is 397 g/mol. The van der Waals surface area contributed by atoms with Crippen LogP contribution >= 0.6 is 25.3 Å². The summed E-state index contributed by atoms with van der Waals surface area (Å²) >= 11 is 7.49. The summed E-state index contributed by atoms with van der Waals surface area (Å²) in [5.41, 5.74) is 0. The van der Waals surface area contributed by atoms with Gasteiger partial charge in [-0.15, -0.1) is 12.6 Å². The van der Waals surface area contributed by atoms with E-state index in [1.54, 1.807) is 13.8 Å². The van der Waals surface area contributed by atoms with E-state index < -0.39 is 4.75 Å². The van der Waals surface area contributed by atoms with Crippen LogP contribution in [0.4, 0.5) is 0 Å². The Bertz CT molecular complexity index is 91.1. The zero-order valence-corrected chi connectivity index (χ0v) is 15.0. The second-order valence-electron chi connectivity index (χ2n) is 1.86. The Hall–Kier alpha value is 2.36. The van der Waals surface area contributed by atoms with Gasteiger partial charge in [0.1, 0.15) is 0 Å². The summed E-state index contributed by atoms with van der Waals surface area (Å²) in [4.78, 5) is 10.3. The molecule has 0 aromatic rings. The number of carbonyl (C=O) groups is 1. The molecule has 0 fully saturated rings. The Morgan fingerprint density at radius 2 is 1.56 bits per heavy atom. The van der Waals surface area contributed by atoms with Crippen LogP contribution in [0.5, 0.6) is 0 Å². The minimum absolute atomic E-state index is 0. The van der Waals surface area contributed by atoms with Crippen LogP contribution in [0, 0.1) is 35.6 Å². The topological polar surface area (TPSA) is 17.1 Å². The quantitative estimate of drug-likeness (QED) is 0.480. The van der Waals surface area contributed by atoms with E-state index in [1.165, 1.54) is 0 Å². The molecule has 0 aromatic carbocycles. The average Bonchev–Trinajstić information content (AvgIpc) is 1.31. The molecule has 3 radical (unpaired) electrons.